The zero-order valence-corrected chi connectivity index (χ0v) is 15.4. The molecule has 0 aromatic heterocycles. The number of carbonyl (C=O) groups excluding carboxylic acids is 2. The van der Waals surface area contributed by atoms with E-state index in [-0.39, 0.29) is 0 Å². The van der Waals surface area contributed by atoms with Gasteiger partial charge in [0.2, 0.25) is 0 Å². The Hall–Kier alpha value is -2.70. The van der Waals surface area contributed by atoms with Crippen LogP contribution in [-0.4, -0.2) is 56.0 Å². The number of nitrogens with zero attached hydrogens (tertiary/aromatic N) is 2. The third-order valence-corrected chi connectivity index (χ3v) is 4.61. The first-order chi connectivity index (χ1) is 13.2. The topological polar surface area (TPSA) is 64.7 Å². The molecule has 27 heavy (non-hydrogen) atoms. The molecule has 2 aromatic carbocycles. The van der Waals surface area contributed by atoms with E-state index in [0.717, 1.165) is 38.3 Å². The van der Waals surface area contributed by atoms with E-state index >= 15 is 0 Å². The van der Waals surface area contributed by atoms with E-state index in [9.17, 15) is 9.59 Å². The standard InChI is InChI=1S/C21H26N4O2/c26-20(23-13-16-24-14-11-22-12-15-24)21(27)25(19-9-5-2-6-10-19)17-18-7-3-1-4-8-18/h1-10,22H,11-17H2,(H,23,26). The van der Waals surface area contributed by atoms with Crippen molar-refractivity contribution in [3.63, 3.8) is 0 Å². The molecule has 0 spiro atoms. The van der Waals surface area contributed by atoms with Crippen molar-refractivity contribution in [1.29, 1.82) is 0 Å². The van der Waals surface area contributed by atoms with Crippen molar-refractivity contribution in [1.82, 2.24) is 15.5 Å². The summed E-state index contributed by atoms with van der Waals surface area (Å²) in [5, 5.41) is 6.07. The van der Waals surface area contributed by atoms with Gasteiger partial charge in [0.25, 0.3) is 0 Å². The van der Waals surface area contributed by atoms with Crippen molar-refractivity contribution in [2.24, 2.45) is 0 Å². The molecule has 142 valence electrons. The highest BCUT2D eigenvalue weighted by Gasteiger charge is 2.23. The van der Waals surface area contributed by atoms with Crippen molar-refractivity contribution in [2.75, 3.05) is 44.2 Å². The van der Waals surface area contributed by atoms with Crippen LogP contribution in [0.25, 0.3) is 0 Å². The Morgan fingerprint density at radius 3 is 2.26 bits per heavy atom. The number of carbonyl (C=O) groups is 2. The monoisotopic (exact) mass is 366 g/mol. The minimum Gasteiger partial charge on any atom is -0.347 e. The predicted molar refractivity (Wildman–Crippen MR) is 106 cm³/mol. The van der Waals surface area contributed by atoms with E-state index in [4.69, 9.17) is 0 Å². The van der Waals surface area contributed by atoms with Crippen molar-refractivity contribution < 1.29 is 9.59 Å². The van der Waals surface area contributed by atoms with Crippen LogP contribution in [0.2, 0.25) is 0 Å². The molecule has 3 rings (SSSR count). The first kappa shape index (κ1) is 19.1. The molecule has 1 aliphatic heterocycles. The van der Waals surface area contributed by atoms with Crippen LogP contribution in [-0.2, 0) is 16.1 Å². The molecule has 0 bridgehead atoms. The smallest absolute Gasteiger partial charge is 0.316 e. The second kappa shape index (κ2) is 9.85. The Kier molecular flexibility index (Phi) is 6.96. The van der Waals surface area contributed by atoms with E-state index < -0.39 is 11.8 Å². The van der Waals surface area contributed by atoms with Gasteiger partial charge in [0, 0.05) is 45.0 Å². The number of para-hydroxylation sites is 1. The van der Waals surface area contributed by atoms with Gasteiger partial charge in [-0.05, 0) is 17.7 Å². The Morgan fingerprint density at radius 2 is 1.59 bits per heavy atom. The fourth-order valence-electron chi connectivity index (χ4n) is 3.11. The number of hydrogen-bond acceptors (Lipinski definition) is 4. The van der Waals surface area contributed by atoms with Crippen LogP contribution < -0.4 is 15.5 Å². The van der Waals surface area contributed by atoms with Gasteiger partial charge in [0.15, 0.2) is 0 Å². The average Bonchev–Trinajstić information content (AvgIpc) is 2.73. The van der Waals surface area contributed by atoms with E-state index in [1.807, 2.05) is 60.7 Å². The largest absolute Gasteiger partial charge is 0.347 e. The molecule has 2 N–H and O–H groups in total. The zero-order chi connectivity index (χ0) is 18.9. The maximum atomic E-state index is 12.8. The normalized spacial score (nSPS) is 14.5. The van der Waals surface area contributed by atoms with Crippen LogP contribution in [0, 0.1) is 0 Å². The van der Waals surface area contributed by atoms with E-state index in [2.05, 4.69) is 15.5 Å². The molecule has 2 aromatic rings. The second-order valence-corrected chi connectivity index (χ2v) is 6.56. The quantitative estimate of drug-likeness (QED) is 0.755. The number of nitrogens with one attached hydrogen (secondary N) is 2. The molecule has 0 saturated carbocycles. The van der Waals surface area contributed by atoms with Gasteiger partial charge in [0.1, 0.15) is 0 Å². The van der Waals surface area contributed by atoms with Crippen LogP contribution in [0.15, 0.2) is 60.7 Å². The number of benzene rings is 2. The van der Waals surface area contributed by atoms with Gasteiger partial charge in [-0.3, -0.25) is 19.4 Å². The SMILES string of the molecule is O=C(NCCN1CCNCC1)C(=O)N(Cc1ccccc1)c1ccccc1. The van der Waals surface area contributed by atoms with Crippen molar-refractivity contribution >= 4 is 17.5 Å². The fourth-order valence-corrected chi connectivity index (χ4v) is 3.11. The van der Waals surface area contributed by atoms with Crippen LogP contribution in [0.3, 0.4) is 0 Å². The summed E-state index contributed by atoms with van der Waals surface area (Å²) in [6.07, 6.45) is 0. The predicted octanol–water partition coefficient (Wildman–Crippen LogP) is 1.24. The lowest BCUT2D eigenvalue weighted by Crippen LogP contribution is -2.48. The fraction of sp³-hybridized carbons (Fsp3) is 0.333. The molecule has 0 radical (unpaired) electrons. The van der Waals surface area contributed by atoms with E-state index in [1.54, 1.807) is 0 Å². The van der Waals surface area contributed by atoms with E-state index in [1.165, 1.54) is 4.90 Å². The molecular formula is C21H26N4O2. The Labute approximate surface area is 160 Å². The minimum atomic E-state index is -0.565. The van der Waals surface area contributed by atoms with Gasteiger partial charge in [-0.2, -0.15) is 0 Å². The summed E-state index contributed by atoms with van der Waals surface area (Å²) in [5.74, 6) is -1.10. The molecule has 1 fully saturated rings. The third-order valence-electron chi connectivity index (χ3n) is 4.61. The van der Waals surface area contributed by atoms with Crippen LogP contribution in [0.5, 0.6) is 0 Å². The van der Waals surface area contributed by atoms with Gasteiger partial charge in [0.05, 0.1) is 6.54 Å². The maximum absolute atomic E-state index is 12.8. The Bertz CT molecular complexity index is 730. The van der Waals surface area contributed by atoms with Crippen LogP contribution in [0.1, 0.15) is 5.56 Å². The third kappa shape index (κ3) is 5.64. The van der Waals surface area contributed by atoms with Gasteiger partial charge >= 0.3 is 11.8 Å². The molecule has 1 aliphatic rings. The summed E-state index contributed by atoms with van der Waals surface area (Å²) < 4.78 is 0. The Morgan fingerprint density at radius 1 is 0.963 bits per heavy atom. The van der Waals surface area contributed by atoms with Gasteiger partial charge in [-0.15, -0.1) is 0 Å². The summed E-state index contributed by atoms with van der Waals surface area (Å²) in [6, 6.07) is 19.0. The summed E-state index contributed by atoms with van der Waals surface area (Å²) in [4.78, 5) is 29.1. The number of anilines is 1. The number of piperazine rings is 1. The summed E-state index contributed by atoms with van der Waals surface area (Å²) in [5.41, 5.74) is 1.69. The average molecular weight is 366 g/mol. The molecule has 6 heteroatoms. The van der Waals surface area contributed by atoms with Gasteiger partial charge in [-0.1, -0.05) is 48.5 Å². The summed E-state index contributed by atoms with van der Waals surface area (Å²) in [7, 11) is 0. The van der Waals surface area contributed by atoms with Crippen LogP contribution in [0.4, 0.5) is 5.69 Å². The molecule has 2 amide bonds. The maximum Gasteiger partial charge on any atom is 0.316 e. The minimum absolute atomic E-state index is 0.356. The van der Waals surface area contributed by atoms with Crippen LogP contribution >= 0.6 is 0 Å². The first-order valence-corrected chi connectivity index (χ1v) is 9.36. The lowest BCUT2D eigenvalue weighted by atomic mass is 10.2. The highest BCUT2D eigenvalue weighted by atomic mass is 16.2. The molecule has 6 nitrogen and oxygen atoms in total. The lowest BCUT2D eigenvalue weighted by Gasteiger charge is -2.27. The first-order valence-electron chi connectivity index (χ1n) is 9.36. The molecular weight excluding hydrogens is 340 g/mol. The van der Waals surface area contributed by atoms with Gasteiger partial charge < -0.3 is 10.6 Å². The molecule has 0 atom stereocenters. The number of amides is 2. The number of rotatable bonds is 6. The lowest BCUT2D eigenvalue weighted by molar-refractivity contribution is -0.137. The highest BCUT2D eigenvalue weighted by Crippen LogP contribution is 2.17. The van der Waals surface area contributed by atoms with Gasteiger partial charge in [-0.25, -0.2) is 0 Å². The van der Waals surface area contributed by atoms with E-state index in [0.29, 0.717) is 18.8 Å². The molecule has 0 unspecified atom stereocenters. The Balaban J connectivity index is 1.62. The van der Waals surface area contributed by atoms with Crippen molar-refractivity contribution in [2.45, 2.75) is 6.54 Å². The van der Waals surface area contributed by atoms with Crippen molar-refractivity contribution in [3.05, 3.63) is 66.2 Å². The summed E-state index contributed by atoms with van der Waals surface area (Å²) in [6.45, 7) is 5.44. The summed E-state index contributed by atoms with van der Waals surface area (Å²) >= 11 is 0. The molecule has 1 saturated heterocycles. The highest BCUT2D eigenvalue weighted by molar-refractivity contribution is 6.40. The molecule has 1 heterocycles. The molecule has 0 aliphatic carbocycles. The second-order valence-electron chi connectivity index (χ2n) is 6.56. The van der Waals surface area contributed by atoms with Crippen molar-refractivity contribution in [3.8, 4) is 0 Å². The number of hydrogen-bond donors (Lipinski definition) is 2. The zero-order valence-electron chi connectivity index (χ0n) is 15.4.